The normalized spacial score (nSPS) is 16.2. The molecule has 0 aromatic carbocycles. The van der Waals surface area contributed by atoms with Crippen molar-refractivity contribution in [2.45, 2.75) is 39.3 Å². The van der Waals surface area contributed by atoms with Crippen molar-refractivity contribution in [1.82, 2.24) is 5.32 Å². The molecule has 0 amide bonds. The van der Waals surface area contributed by atoms with E-state index in [0.29, 0.717) is 25.1 Å². The van der Waals surface area contributed by atoms with Gasteiger partial charge in [-0.05, 0) is 12.3 Å². The second-order valence-corrected chi connectivity index (χ2v) is 3.78. The second kappa shape index (κ2) is 7.30. The van der Waals surface area contributed by atoms with E-state index in [1.807, 2.05) is 0 Å². The molecule has 0 aliphatic heterocycles. The van der Waals surface area contributed by atoms with Crippen molar-refractivity contribution >= 4 is 0 Å². The molecule has 0 saturated heterocycles. The third kappa shape index (κ3) is 6.02. The molecule has 0 saturated carbocycles. The van der Waals surface area contributed by atoms with Gasteiger partial charge in [-0.15, -0.1) is 0 Å². The highest BCUT2D eigenvalue weighted by Crippen LogP contribution is 2.04. The molecule has 3 heteroatoms. The molecule has 0 fully saturated rings. The molecule has 0 aliphatic carbocycles. The third-order valence-electron chi connectivity index (χ3n) is 2.22. The molecule has 0 spiro atoms. The number of rotatable bonds is 7. The van der Waals surface area contributed by atoms with Crippen molar-refractivity contribution in [3.05, 3.63) is 0 Å². The van der Waals surface area contributed by atoms with Crippen molar-refractivity contribution in [3.8, 4) is 0 Å². The predicted octanol–water partition coefficient (Wildman–Crippen LogP) is 1.02. The van der Waals surface area contributed by atoms with Crippen molar-refractivity contribution < 1.29 is 9.84 Å². The molecule has 0 radical (unpaired) electrons. The first kappa shape index (κ1) is 12.9. The molecule has 0 aromatic heterocycles. The Morgan fingerprint density at radius 2 is 2.00 bits per heavy atom. The van der Waals surface area contributed by atoms with E-state index in [1.54, 1.807) is 7.11 Å². The summed E-state index contributed by atoms with van der Waals surface area (Å²) in [7, 11) is 1.60. The van der Waals surface area contributed by atoms with Crippen molar-refractivity contribution in [2.24, 2.45) is 5.92 Å². The number of aliphatic hydroxyl groups is 1. The molecule has 2 atom stereocenters. The molecule has 2 N–H and O–H groups in total. The largest absolute Gasteiger partial charge is 0.389 e. The SMILES string of the molecule is CCC(NCC(O)COC)C(C)C. The zero-order valence-corrected chi connectivity index (χ0v) is 9.21. The Hall–Kier alpha value is -0.120. The van der Waals surface area contributed by atoms with Crippen LogP contribution in [0, 0.1) is 5.92 Å². The number of hydrogen-bond donors (Lipinski definition) is 2. The number of nitrogens with one attached hydrogen (secondary N) is 1. The Bertz CT molecular complexity index is 117. The maximum absolute atomic E-state index is 9.39. The lowest BCUT2D eigenvalue weighted by Gasteiger charge is -2.22. The highest BCUT2D eigenvalue weighted by atomic mass is 16.5. The van der Waals surface area contributed by atoms with Crippen LogP contribution < -0.4 is 5.32 Å². The van der Waals surface area contributed by atoms with Crippen molar-refractivity contribution in [2.75, 3.05) is 20.3 Å². The number of aliphatic hydroxyl groups excluding tert-OH is 1. The molecule has 0 rings (SSSR count). The third-order valence-corrected chi connectivity index (χ3v) is 2.22. The van der Waals surface area contributed by atoms with E-state index in [4.69, 9.17) is 4.74 Å². The van der Waals surface area contributed by atoms with Gasteiger partial charge < -0.3 is 15.2 Å². The molecule has 13 heavy (non-hydrogen) atoms. The first-order valence-corrected chi connectivity index (χ1v) is 5.02. The van der Waals surface area contributed by atoms with Crippen LogP contribution in [0.3, 0.4) is 0 Å². The molecular weight excluding hydrogens is 166 g/mol. The van der Waals surface area contributed by atoms with Gasteiger partial charge in [-0.2, -0.15) is 0 Å². The van der Waals surface area contributed by atoms with Crippen LogP contribution >= 0.6 is 0 Å². The fourth-order valence-electron chi connectivity index (χ4n) is 1.39. The molecular formula is C10H23NO2. The Morgan fingerprint density at radius 3 is 2.38 bits per heavy atom. The summed E-state index contributed by atoms with van der Waals surface area (Å²) in [5, 5.41) is 12.7. The average molecular weight is 189 g/mol. The van der Waals surface area contributed by atoms with Gasteiger partial charge in [-0.1, -0.05) is 20.8 Å². The van der Waals surface area contributed by atoms with Crippen LogP contribution in [0.5, 0.6) is 0 Å². The van der Waals surface area contributed by atoms with E-state index in [1.165, 1.54) is 0 Å². The van der Waals surface area contributed by atoms with Gasteiger partial charge in [-0.25, -0.2) is 0 Å². The monoisotopic (exact) mass is 189 g/mol. The highest BCUT2D eigenvalue weighted by molar-refractivity contribution is 4.70. The number of methoxy groups -OCH3 is 1. The van der Waals surface area contributed by atoms with E-state index in [2.05, 4.69) is 26.1 Å². The minimum atomic E-state index is -0.391. The van der Waals surface area contributed by atoms with Gasteiger partial charge in [0.05, 0.1) is 12.7 Å². The van der Waals surface area contributed by atoms with Gasteiger partial charge >= 0.3 is 0 Å². The fraction of sp³-hybridized carbons (Fsp3) is 1.00. The summed E-state index contributed by atoms with van der Waals surface area (Å²) in [6.07, 6.45) is 0.704. The molecule has 0 bridgehead atoms. The fourth-order valence-corrected chi connectivity index (χ4v) is 1.39. The van der Waals surface area contributed by atoms with E-state index >= 15 is 0 Å². The minimum Gasteiger partial charge on any atom is -0.389 e. The summed E-state index contributed by atoms with van der Waals surface area (Å²) in [5.74, 6) is 0.611. The van der Waals surface area contributed by atoms with Crippen LogP contribution in [-0.4, -0.2) is 37.5 Å². The molecule has 3 nitrogen and oxygen atoms in total. The topological polar surface area (TPSA) is 41.5 Å². The lowest BCUT2D eigenvalue weighted by atomic mass is 10.0. The maximum Gasteiger partial charge on any atom is 0.0897 e. The van der Waals surface area contributed by atoms with Crippen LogP contribution in [0.4, 0.5) is 0 Å². The summed E-state index contributed by atoms with van der Waals surface area (Å²) in [6, 6.07) is 0.492. The lowest BCUT2D eigenvalue weighted by molar-refractivity contribution is 0.0614. The predicted molar refractivity (Wildman–Crippen MR) is 54.8 cm³/mol. The second-order valence-electron chi connectivity index (χ2n) is 3.78. The molecule has 0 heterocycles. The van der Waals surface area contributed by atoms with Crippen molar-refractivity contribution in [1.29, 1.82) is 0 Å². The van der Waals surface area contributed by atoms with Crippen molar-refractivity contribution in [3.63, 3.8) is 0 Å². The Kier molecular flexibility index (Phi) is 7.23. The van der Waals surface area contributed by atoms with Crippen LogP contribution in [0.15, 0.2) is 0 Å². The van der Waals surface area contributed by atoms with E-state index in [-0.39, 0.29) is 0 Å². The highest BCUT2D eigenvalue weighted by Gasteiger charge is 2.11. The number of hydrogen-bond acceptors (Lipinski definition) is 3. The quantitative estimate of drug-likeness (QED) is 0.628. The first-order chi connectivity index (χ1) is 6.11. The van der Waals surface area contributed by atoms with Gasteiger partial charge in [0.25, 0.3) is 0 Å². The first-order valence-electron chi connectivity index (χ1n) is 5.02. The Labute approximate surface area is 81.5 Å². The summed E-state index contributed by atoms with van der Waals surface area (Å²) >= 11 is 0. The smallest absolute Gasteiger partial charge is 0.0897 e. The molecule has 0 aliphatic rings. The van der Waals surface area contributed by atoms with Crippen LogP contribution in [0.25, 0.3) is 0 Å². The van der Waals surface area contributed by atoms with E-state index < -0.39 is 6.10 Å². The standard InChI is InChI=1S/C10H23NO2/c1-5-10(8(2)3)11-6-9(12)7-13-4/h8-12H,5-7H2,1-4H3. The summed E-state index contributed by atoms with van der Waals surface area (Å²) in [6.45, 7) is 7.54. The number of ether oxygens (including phenoxy) is 1. The zero-order valence-electron chi connectivity index (χ0n) is 9.21. The summed E-state index contributed by atoms with van der Waals surface area (Å²) in [4.78, 5) is 0. The van der Waals surface area contributed by atoms with Gasteiger partial charge in [0.2, 0.25) is 0 Å². The molecule has 0 aromatic rings. The molecule has 2 unspecified atom stereocenters. The van der Waals surface area contributed by atoms with E-state index in [0.717, 1.165) is 6.42 Å². The van der Waals surface area contributed by atoms with Crippen LogP contribution in [0.1, 0.15) is 27.2 Å². The Balaban J connectivity index is 3.59. The summed E-state index contributed by atoms with van der Waals surface area (Å²) < 4.78 is 4.84. The lowest BCUT2D eigenvalue weighted by Crippen LogP contribution is -2.39. The van der Waals surface area contributed by atoms with Crippen LogP contribution in [-0.2, 0) is 4.74 Å². The maximum atomic E-state index is 9.39. The van der Waals surface area contributed by atoms with Gasteiger partial charge in [0.1, 0.15) is 0 Å². The van der Waals surface area contributed by atoms with Gasteiger partial charge in [0, 0.05) is 19.7 Å². The Morgan fingerprint density at radius 1 is 1.38 bits per heavy atom. The zero-order chi connectivity index (χ0) is 10.3. The average Bonchev–Trinajstić information content (AvgIpc) is 2.05. The van der Waals surface area contributed by atoms with E-state index in [9.17, 15) is 5.11 Å². The minimum absolute atomic E-state index is 0.391. The summed E-state index contributed by atoms with van der Waals surface area (Å²) in [5.41, 5.74) is 0. The van der Waals surface area contributed by atoms with Crippen LogP contribution in [0.2, 0.25) is 0 Å². The van der Waals surface area contributed by atoms with Gasteiger partial charge in [-0.3, -0.25) is 0 Å². The molecule has 80 valence electrons. The van der Waals surface area contributed by atoms with Gasteiger partial charge in [0.15, 0.2) is 0 Å².